The zero-order valence-electron chi connectivity index (χ0n) is 9.46. The van der Waals surface area contributed by atoms with E-state index in [1.807, 2.05) is 0 Å². The largest absolute Gasteiger partial charge is 0.378 e. The van der Waals surface area contributed by atoms with E-state index in [1.54, 1.807) is 0 Å². The van der Waals surface area contributed by atoms with Gasteiger partial charge in [-0.25, -0.2) is 0 Å². The summed E-state index contributed by atoms with van der Waals surface area (Å²) in [6, 6.07) is 1.49. The van der Waals surface area contributed by atoms with Crippen LogP contribution in [0, 0.1) is 5.92 Å². The summed E-state index contributed by atoms with van der Waals surface area (Å²) in [7, 11) is 0. The van der Waals surface area contributed by atoms with E-state index in [0.29, 0.717) is 12.1 Å². The highest BCUT2D eigenvalue weighted by atomic mass is 16.5. The minimum atomic E-state index is 0.456. The molecule has 1 aliphatic carbocycles. The van der Waals surface area contributed by atoms with Crippen molar-refractivity contribution in [3.05, 3.63) is 0 Å². The molecule has 2 heteroatoms. The lowest BCUT2D eigenvalue weighted by Gasteiger charge is -2.31. The Labute approximate surface area is 87.4 Å². The van der Waals surface area contributed by atoms with Gasteiger partial charge in [0.2, 0.25) is 0 Å². The Hall–Kier alpha value is -0.0800. The number of rotatable bonds is 2. The standard InChI is InChI=1S/C12H23NO/c1-9-4-3-5-12(9)13-11-6-7-14-10(2)8-11/h9-13H,3-8H2,1-2H3. The summed E-state index contributed by atoms with van der Waals surface area (Å²) in [5.74, 6) is 0.883. The fourth-order valence-corrected chi connectivity index (χ4v) is 2.85. The fourth-order valence-electron chi connectivity index (χ4n) is 2.85. The van der Waals surface area contributed by atoms with E-state index in [4.69, 9.17) is 4.74 Å². The highest BCUT2D eigenvalue weighted by Gasteiger charge is 2.27. The molecule has 0 bridgehead atoms. The van der Waals surface area contributed by atoms with Crippen molar-refractivity contribution >= 4 is 0 Å². The minimum absolute atomic E-state index is 0.456. The Kier molecular flexibility index (Phi) is 3.45. The Morgan fingerprint density at radius 2 is 2.00 bits per heavy atom. The highest BCUT2D eigenvalue weighted by molar-refractivity contribution is 4.85. The van der Waals surface area contributed by atoms with Gasteiger partial charge in [-0.3, -0.25) is 0 Å². The predicted molar refractivity (Wildman–Crippen MR) is 58.4 cm³/mol. The van der Waals surface area contributed by atoms with Gasteiger partial charge >= 0.3 is 0 Å². The first-order chi connectivity index (χ1) is 6.75. The van der Waals surface area contributed by atoms with Gasteiger partial charge in [-0.15, -0.1) is 0 Å². The molecule has 0 spiro atoms. The van der Waals surface area contributed by atoms with Gasteiger partial charge in [-0.2, -0.15) is 0 Å². The summed E-state index contributed by atoms with van der Waals surface area (Å²) in [4.78, 5) is 0. The molecule has 2 nitrogen and oxygen atoms in total. The van der Waals surface area contributed by atoms with Crippen molar-refractivity contribution in [3.63, 3.8) is 0 Å². The van der Waals surface area contributed by atoms with Crippen LogP contribution in [0.15, 0.2) is 0 Å². The minimum Gasteiger partial charge on any atom is -0.378 e. The van der Waals surface area contributed by atoms with Crippen LogP contribution in [0.5, 0.6) is 0 Å². The first kappa shape index (κ1) is 10.4. The van der Waals surface area contributed by atoms with E-state index in [-0.39, 0.29) is 0 Å². The summed E-state index contributed by atoms with van der Waals surface area (Å²) < 4.78 is 5.56. The lowest BCUT2D eigenvalue weighted by Crippen LogP contribution is -2.44. The Morgan fingerprint density at radius 1 is 1.14 bits per heavy atom. The molecule has 0 aromatic rings. The van der Waals surface area contributed by atoms with Gasteiger partial charge in [0.05, 0.1) is 6.10 Å². The van der Waals surface area contributed by atoms with Gasteiger partial charge in [-0.1, -0.05) is 13.3 Å². The number of ether oxygens (including phenoxy) is 1. The van der Waals surface area contributed by atoms with E-state index >= 15 is 0 Å². The number of hydrogen-bond acceptors (Lipinski definition) is 2. The third-order valence-corrected chi connectivity index (χ3v) is 3.80. The summed E-state index contributed by atoms with van der Waals surface area (Å²) >= 11 is 0. The van der Waals surface area contributed by atoms with Crippen LogP contribution in [0.25, 0.3) is 0 Å². The van der Waals surface area contributed by atoms with Gasteiger partial charge in [0.1, 0.15) is 0 Å². The van der Waals surface area contributed by atoms with Crippen molar-refractivity contribution in [2.75, 3.05) is 6.61 Å². The molecule has 2 aliphatic rings. The smallest absolute Gasteiger partial charge is 0.0561 e. The average molecular weight is 197 g/mol. The van der Waals surface area contributed by atoms with Crippen LogP contribution in [0.3, 0.4) is 0 Å². The van der Waals surface area contributed by atoms with E-state index < -0.39 is 0 Å². The van der Waals surface area contributed by atoms with Gasteiger partial charge in [-0.05, 0) is 38.5 Å². The van der Waals surface area contributed by atoms with Crippen LogP contribution in [0.1, 0.15) is 46.0 Å². The third-order valence-electron chi connectivity index (χ3n) is 3.80. The third kappa shape index (κ3) is 2.48. The molecule has 1 N–H and O–H groups in total. The fraction of sp³-hybridized carbons (Fsp3) is 1.00. The molecule has 0 radical (unpaired) electrons. The molecule has 82 valence electrons. The zero-order chi connectivity index (χ0) is 9.97. The quantitative estimate of drug-likeness (QED) is 0.733. The van der Waals surface area contributed by atoms with Crippen LogP contribution < -0.4 is 5.32 Å². The summed E-state index contributed by atoms with van der Waals surface area (Å²) in [6.45, 7) is 5.51. The Morgan fingerprint density at radius 3 is 2.64 bits per heavy atom. The zero-order valence-corrected chi connectivity index (χ0v) is 9.46. The van der Waals surface area contributed by atoms with Gasteiger partial charge in [0.15, 0.2) is 0 Å². The van der Waals surface area contributed by atoms with Crippen LogP contribution >= 0.6 is 0 Å². The number of hydrogen-bond donors (Lipinski definition) is 1. The van der Waals surface area contributed by atoms with E-state index in [9.17, 15) is 0 Å². The second kappa shape index (κ2) is 4.63. The van der Waals surface area contributed by atoms with Gasteiger partial charge in [0.25, 0.3) is 0 Å². The topological polar surface area (TPSA) is 21.3 Å². The maximum atomic E-state index is 5.56. The van der Waals surface area contributed by atoms with Crippen LogP contribution in [0.4, 0.5) is 0 Å². The Balaban J connectivity index is 1.78. The molecule has 1 saturated heterocycles. The summed E-state index contributed by atoms with van der Waals surface area (Å²) in [5.41, 5.74) is 0. The lowest BCUT2D eigenvalue weighted by molar-refractivity contribution is 0.0105. The predicted octanol–water partition coefficient (Wildman–Crippen LogP) is 2.33. The second-order valence-corrected chi connectivity index (χ2v) is 5.08. The van der Waals surface area contributed by atoms with Crippen molar-refractivity contribution in [1.82, 2.24) is 5.32 Å². The lowest BCUT2D eigenvalue weighted by atomic mass is 10.00. The number of nitrogens with one attached hydrogen (secondary N) is 1. The first-order valence-electron chi connectivity index (χ1n) is 6.13. The Bertz CT molecular complexity index is 183. The molecule has 4 unspecified atom stereocenters. The first-order valence-corrected chi connectivity index (χ1v) is 6.13. The van der Waals surface area contributed by atoms with Crippen molar-refractivity contribution < 1.29 is 4.74 Å². The van der Waals surface area contributed by atoms with E-state index in [2.05, 4.69) is 19.2 Å². The van der Waals surface area contributed by atoms with E-state index in [1.165, 1.54) is 32.1 Å². The molecule has 14 heavy (non-hydrogen) atoms. The molecular formula is C12H23NO. The van der Waals surface area contributed by atoms with E-state index in [0.717, 1.165) is 18.6 Å². The molecule has 2 rings (SSSR count). The SMILES string of the molecule is CC1CC(NC2CCCC2C)CCO1. The summed E-state index contributed by atoms with van der Waals surface area (Å²) in [5, 5.41) is 3.82. The van der Waals surface area contributed by atoms with Crippen LogP contribution in [-0.2, 0) is 4.74 Å². The molecule has 4 atom stereocenters. The van der Waals surface area contributed by atoms with Crippen molar-refractivity contribution in [2.24, 2.45) is 5.92 Å². The van der Waals surface area contributed by atoms with Crippen molar-refractivity contribution in [2.45, 2.75) is 64.1 Å². The molecule has 0 aromatic carbocycles. The molecular weight excluding hydrogens is 174 g/mol. The molecule has 0 aromatic heterocycles. The maximum Gasteiger partial charge on any atom is 0.0561 e. The normalized spacial score (nSPS) is 44.1. The van der Waals surface area contributed by atoms with Crippen LogP contribution in [0.2, 0.25) is 0 Å². The molecule has 0 amide bonds. The van der Waals surface area contributed by atoms with Gasteiger partial charge < -0.3 is 10.1 Å². The van der Waals surface area contributed by atoms with Gasteiger partial charge in [0, 0.05) is 18.7 Å². The molecule has 1 saturated carbocycles. The second-order valence-electron chi connectivity index (χ2n) is 5.08. The maximum absolute atomic E-state index is 5.56. The van der Waals surface area contributed by atoms with Crippen LogP contribution in [-0.4, -0.2) is 24.8 Å². The summed E-state index contributed by atoms with van der Waals surface area (Å²) in [6.07, 6.45) is 7.07. The molecule has 1 heterocycles. The highest BCUT2D eigenvalue weighted by Crippen LogP contribution is 2.26. The van der Waals surface area contributed by atoms with Crippen molar-refractivity contribution in [3.8, 4) is 0 Å². The average Bonchev–Trinajstić information content (AvgIpc) is 2.52. The van der Waals surface area contributed by atoms with Crippen molar-refractivity contribution in [1.29, 1.82) is 0 Å². The molecule has 2 fully saturated rings. The molecule has 1 aliphatic heterocycles. The monoisotopic (exact) mass is 197 g/mol.